The van der Waals surface area contributed by atoms with E-state index >= 15 is 0 Å². The number of pyridine rings is 2. The topological polar surface area (TPSA) is 110 Å². The second-order valence-corrected chi connectivity index (χ2v) is 22.0. The second-order valence-electron chi connectivity index (χ2n) is 21.6. The van der Waals surface area contributed by atoms with Crippen LogP contribution in [-0.2, 0) is 28.9 Å². The Hall–Kier alpha value is -5.90. The van der Waals surface area contributed by atoms with Crippen molar-refractivity contribution in [3.8, 4) is 17.3 Å². The van der Waals surface area contributed by atoms with Crippen LogP contribution >= 0.6 is 11.6 Å². The Bertz CT molecular complexity index is 2820. The minimum Gasteiger partial charge on any atom is -0.381 e. The number of amides is 1. The molecule has 5 aromatic rings. The van der Waals surface area contributed by atoms with E-state index < -0.39 is 0 Å². The van der Waals surface area contributed by atoms with Crippen molar-refractivity contribution >= 4 is 46.0 Å². The molecule has 6 aliphatic heterocycles. The lowest BCUT2D eigenvalue weighted by Gasteiger charge is -2.41. The zero-order valence-electron chi connectivity index (χ0n) is 41.4. The molecule has 5 fully saturated rings. The summed E-state index contributed by atoms with van der Waals surface area (Å²) in [7, 11) is 0. The van der Waals surface area contributed by atoms with E-state index in [1.54, 1.807) is 6.92 Å². The minimum atomic E-state index is 0.119. The maximum atomic E-state index is 12.5. The second kappa shape index (κ2) is 19.6. The van der Waals surface area contributed by atoms with E-state index in [0.29, 0.717) is 28.6 Å². The number of rotatable bonds is 8. The smallest absolute Gasteiger partial charge is 0.219 e. The molecule has 13 heteroatoms. The van der Waals surface area contributed by atoms with Gasteiger partial charge in [0.25, 0.3) is 0 Å². The number of aromatic nitrogens is 4. The monoisotopic (exact) mass is 971 g/mol. The molecule has 7 aliphatic rings. The summed E-state index contributed by atoms with van der Waals surface area (Å²) in [6, 6.07) is 24.5. The Morgan fingerprint density at radius 2 is 1.42 bits per heavy atom. The van der Waals surface area contributed by atoms with Gasteiger partial charge in [0.05, 0.1) is 28.0 Å². The maximum absolute atomic E-state index is 12.5. The molecule has 5 saturated heterocycles. The predicted molar refractivity (Wildman–Crippen MR) is 282 cm³/mol. The number of benzene rings is 2. The van der Waals surface area contributed by atoms with Crippen LogP contribution in [0.3, 0.4) is 0 Å². The van der Waals surface area contributed by atoms with Gasteiger partial charge in [0.1, 0.15) is 11.9 Å². The van der Waals surface area contributed by atoms with E-state index in [9.17, 15) is 10.1 Å². The lowest BCUT2D eigenvalue weighted by Crippen LogP contribution is -2.42. The van der Waals surface area contributed by atoms with Crippen molar-refractivity contribution in [2.24, 2.45) is 17.3 Å². The molecular formula is C58H67ClN10O2. The summed E-state index contributed by atoms with van der Waals surface area (Å²) in [5.74, 6) is 2.75. The van der Waals surface area contributed by atoms with Gasteiger partial charge in [-0.2, -0.15) is 10.4 Å². The van der Waals surface area contributed by atoms with Gasteiger partial charge < -0.3 is 29.2 Å². The highest BCUT2D eigenvalue weighted by atomic mass is 35.5. The molecule has 0 unspecified atom stereocenters. The normalized spacial score (nSPS) is 21.0. The molecule has 2 aromatic carbocycles. The van der Waals surface area contributed by atoms with Crippen LogP contribution < -0.4 is 19.6 Å². The van der Waals surface area contributed by atoms with Crippen LogP contribution in [-0.4, -0.2) is 103 Å². The van der Waals surface area contributed by atoms with E-state index in [-0.39, 0.29) is 5.91 Å². The number of nitrogens with zero attached hydrogens (tertiary/aromatic N) is 10. The number of anilines is 4. The van der Waals surface area contributed by atoms with Crippen LogP contribution in [0.2, 0.25) is 5.02 Å². The summed E-state index contributed by atoms with van der Waals surface area (Å²) in [6.45, 7) is 13.3. The van der Waals surface area contributed by atoms with Crippen molar-refractivity contribution in [2.45, 2.75) is 96.6 Å². The van der Waals surface area contributed by atoms with Gasteiger partial charge in [-0.3, -0.25) is 14.5 Å². The Kier molecular flexibility index (Phi) is 12.8. The Balaban J connectivity index is 0.621. The number of halogens is 1. The minimum absolute atomic E-state index is 0.119. The quantitative estimate of drug-likeness (QED) is 0.149. The number of ether oxygens (including phenoxy) is 1. The average Bonchev–Trinajstić information content (AvgIpc) is 4.03. The number of nitriles is 1. The maximum Gasteiger partial charge on any atom is 0.219 e. The summed E-state index contributed by atoms with van der Waals surface area (Å²) < 4.78 is 8.00. The number of fused-ring (bicyclic) bond motifs is 2. The molecule has 71 heavy (non-hydrogen) atoms. The van der Waals surface area contributed by atoms with Gasteiger partial charge in [-0.15, -0.1) is 0 Å². The summed E-state index contributed by atoms with van der Waals surface area (Å²) >= 11 is 6.39. The summed E-state index contributed by atoms with van der Waals surface area (Å²) in [4.78, 5) is 34.7. The zero-order chi connectivity index (χ0) is 48.1. The lowest BCUT2D eigenvalue weighted by atomic mass is 9.77. The lowest BCUT2D eigenvalue weighted by molar-refractivity contribution is -0.129. The van der Waals surface area contributed by atoms with Crippen molar-refractivity contribution in [2.75, 3.05) is 91.7 Å². The number of allylic oxidation sites excluding steroid dienone is 1. The van der Waals surface area contributed by atoms with E-state index in [1.807, 2.05) is 29.4 Å². The Morgan fingerprint density at radius 1 is 0.746 bits per heavy atom. The molecule has 0 atom stereocenters. The van der Waals surface area contributed by atoms with Crippen LogP contribution in [0.5, 0.6) is 0 Å². The molecule has 0 bridgehead atoms. The number of aryl methyl sites for hydroxylation is 1. The summed E-state index contributed by atoms with van der Waals surface area (Å²) in [5, 5.41) is 15.2. The number of hydrogen-bond acceptors (Lipinski definition) is 10. The molecule has 9 heterocycles. The number of carbonyl (C=O) groups excluding carboxylic acids is 1. The van der Waals surface area contributed by atoms with Crippen LogP contribution in [0.25, 0.3) is 16.8 Å². The van der Waals surface area contributed by atoms with Crippen LogP contribution in [0, 0.1) is 28.6 Å². The highest BCUT2D eigenvalue weighted by molar-refractivity contribution is 6.32. The molecule has 1 aliphatic carbocycles. The SMILES string of the molecule is CC(=O)N1CCc2c(c(C3=CCCc4cc(-c5ccc(N6CCC(C7CCN(c8ccc(N9CCC%10(CC9)CCN(c9ccc(C#N)c(Cl)c9)C%10)cc8)CC7)CC6)nc5)ncc43)nn2C2CCOCC2)C1. The zero-order valence-corrected chi connectivity index (χ0v) is 42.1. The number of carbonyl (C=O) groups is 1. The van der Waals surface area contributed by atoms with Gasteiger partial charge in [-0.05, 0) is 154 Å². The predicted octanol–water partition coefficient (Wildman–Crippen LogP) is 10.1. The fourth-order valence-corrected chi connectivity index (χ4v) is 13.6. The number of hydrogen-bond donors (Lipinski definition) is 0. The fraction of sp³-hybridized carbons (Fsp3) is 0.500. The van der Waals surface area contributed by atoms with E-state index in [1.165, 1.54) is 73.1 Å². The molecule has 0 saturated carbocycles. The molecule has 12 rings (SSSR count). The third-order valence-corrected chi connectivity index (χ3v) is 18.1. The Labute approximate surface area is 424 Å². The highest BCUT2D eigenvalue weighted by Gasteiger charge is 2.41. The van der Waals surface area contributed by atoms with Crippen molar-refractivity contribution in [3.05, 3.63) is 118 Å². The third-order valence-electron chi connectivity index (χ3n) is 17.8. The summed E-state index contributed by atoms with van der Waals surface area (Å²) in [6.07, 6.45) is 19.7. The van der Waals surface area contributed by atoms with E-state index in [4.69, 9.17) is 31.4 Å². The fourth-order valence-electron chi connectivity index (χ4n) is 13.4. The van der Waals surface area contributed by atoms with Crippen molar-refractivity contribution in [1.29, 1.82) is 5.26 Å². The molecule has 3 aromatic heterocycles. The first-order valence-corrected chi connectivity index (χ1v) is 27.1. The van der Waals surface area contributed by atoms with Crippen molar-refractivity contribution in [3.63, 3.8) is 0 Å². The first kappa shape index (κ1) is 46.2. The molecule has 1 spiro atoms. The molecule has 368 valence electrons. The summed E-state index contributed by atoms with van der Waals surface area (Å²) in [5.41, 5.74) is 13.9. The van der Waals surface area contributed by atoms with Gasteiger partial charge in [-0.25, -0.2) is 4.98 Å². The van der Waals surface area contributed by atoms with Crippen LogP contribution in [0.4, 0.5) is 22.9 Å². The average molecular weight is 972 g/mol. The molecular weight excluding hydrogens is 904 g/mol. The first-order valence-electron chi connectivity index (χ1n) is 26.7. The molecule has 1 amide bonds. The standard InChI is InChI=1S/C58H67ClN10O2/c1-40(70)67-27-17-55-52(38-67)57(63-69(55)48-18-31-71-32-19-48)50-4-2-3-43-33-54(61-37-51(43)50)45-6-12-56(62-36-45)66-25-15-42(16-26-66)41-13-23-64(24-14-41)46-8-10-47(11-9-46)65-28-20-58(21-29-65)22-30-68(39-58)49-7-5-44(35-60)53(59)34-49/h4-12,33-34,36-37,41-42,48H,2-3,13-32,38-39H2,1H3. The van der Waals surface area contributed by atoms with E-state index in [0.717, 1.165) is 156 Å². The molecule has 0 radical (unpaired) electrons. The Morgan fingerprint density at radius 3 is 2.08 bits per heavy atom. The van der Waals surface area contributed by atoms with Crippen LogP contribution in [0.15, 0.2) is 79.1 Å². The highest BCUT2D eigenvalue weighted by Crippen LogP contribution is 2.44. The number of piperidine rings is 3. The van der Waals surface area contributed by atoms with Crippen molar-refractivity contribution in [1.82, 2.24) is 24.6 Å². The van der Waals surface area contributed by atoms with Gasteiger partial charge in [0.2, 0.25) is 5.91 Å². The van der Waals surface area contributed by atoms with Crippen molar-refractivity contribution < 1.29 is 9.53 Å². The molecule has 0 N–H and O–H groups in total. The third kappa shape index (κ3) is 9.18. The van der Waals surface area contributed by atoms with Crippen LogP contribution in [0.1, 0.15) is 111 Å². The molecule has 12 nitrogen and oxygen atoms in total. The van der Waals surface area contributed by atoms with Gasteiger partial charge >= 0.3 is 0 Å². The van der Waals surface area contributed by atoms with Gasteiger partial charge in [0, 0.05) is 149 Å². The van der Waals surface area contributed by atoms with Gasteiger partial charge in [-0.1, -0.05) is 17.7 Å². The first-order chi connectivity index (χ1) is 34.8. The largest absolute Gasteiger partial charge is 0.381 e. The van der Waals surface area contributed by atoms with Gasteiger partial charge in [0.15, 0.2) is 0 Å². The van der Waals surface area contributed by atoms with E-state index in [2.05, 4.69) is 85.0 Å².